The smallest absolute Gasteiger partial charge is 0.278 e. The maximum Gasteiger partial charge on any atom is 0.278 e. The molecule has 0 unspecified atom stereocenters. The van der Waals surface area contributed by atoms with E-state index >= 15 is 0 Å². The number of rotatable bonds is 8. The second-order valence-corrected chi connectivity index (χ2v) is 7.43. The van der Waals surface area contributed by atoms with Gasteiger partial charge in [-0.3, -0.25) is 4.79 Å². The van der Waals surface area contributed by atoms with E-state index in [2.05, 4.69) is 25.6 Å². The summed E-state index contributed by atoms with van der Waals surface area (Å²) in [6, 6.07) is 11.5. The largest absolute Gasteiger partial charge is 0.363 e. The molecule has 7 nitrogen and oxygen atoms in total. The molecule has 3 aromatic rings. The standard InChI is InChI=1S/C22H21Cl2FN6O/c1-3-31(4-2)13-27-21(32)14-5-7-15(8-6-14)29-22-26-12-19(25)20(30-22)28-16-9-10-17(23)18(24)11-16/h5-13H,3-4H2,1-2H3,(H2,26,28,29,30). The number of aliphatic imine (C=N–C) groups is 1. The highest BCUT2D eigenvalue weighted by molar-refractivity contribution is 6.42. The molecule has 166 valence electrons. The van der Waals surface area contributed by atoms with Gasteiger partial charge in [0.15, 0.2) is 11.6 Å². The number of anilines is 4. The maximum absolute atomic E-state index is 14.2. The van der Waals surface area contributed by atoms with Crippen LogP contribution in [0.4, 0.5) is 27.5 Å². The van der Waals surface area contributed by atoms with E-state index in [0.717, 1.165) is 19.3 Å². The van der Waals surface area contributed by atoms with Crippen molar-refractivity contribution in [2.24, 2.45) is 4.99 Å². The van der Waals surface area contributed by atoms with Crippen molar-refractivity contribution < 1.29 is 9.18 Å². The third-order valence-electron chi connectivity index (χ3n) is 4.47. The van der Waals surface area contributed by atoms with E-state index in [-0.39, 0.29) is 17.7 Å². The number of carbonyl (C=O) groups is 1. The second kappa shape index (κ2) is 10.9. The summed E-state index contributed by atoms with van der Waals surface area (Å²) in [4.78, 5) is 26.2. The number of carbonyl (C=O) groups excluding carboxylic acids is 1. The van der Waals surface area contributed by atoms with Crippen molar-refractivity contribution in [2.75, 3.05) is 23.7 Å². The van der Waals surface area contributed by atoms with E-state index in [1.807, 2.05) is 18.7 Å². The summed E-state index contributed by atoms with van der Waals surface area (Å²) in [6.07, 6.45) is 2.60. The van der Waals surface area contributed by atoms with Crippen molar-refractivity contribution in [3.8, 4) is 0 Å². The van der Waals surface area contributed by atoms with Gasteiger partial charge in [-0.1, -0.05) is 23.2 Å². The van der Waals surface area contributed by atoms with Crippen molar-refractivity contribution in [3.63, 3.8) is 0 Å². The summed E-state index contributed by atoms with van der Waals surface area (Å²) in [5.74, 6) is -0.825. The average Bonchev–Trinajstić information content (AvgIpc) is 2.79. The van der Waals surface area contributed by atoms with Crippen LogP contribution in [0.25, 0.3) is 0 Å². The van der Waals surface area contributed by atoms with Crippen LogP contribution in [0.15, 0.2) is 53.7 Å². The van der Waals surface area contributed by atoms with Crippen LogP contribution in [0.2, 0.25) is 10.0 Å². The molecule has 0 fully saturated rings. The quantitative estimate of drug-likeness (QED) is 0.311. The lowest BCUT2D eigenvalue weighted by Crippen LogP contribution is -2.21. The van der Waals surface area contributed by atoms with E-state index in [1.54, 1.807) is 48.8 Å². The van der Waals surface area contributed by atoms with Gasteiger partial charge in [0.25, 0.3) is 5.91 Å². The summed E-state index contributed by atoms with van der Waals surface area (Å²) < 4.78 is 14.2. The molecule has 0 aliphatic carbocycles. The first-order valence-corrected chi connectivity index (χ1v) is 10.6. The highest BCUT2D eigenvalue weighted by Gasteiger charge is 2.10. The Morgan fingerprint density at radius 3 is 2.41 bits per heavy atom. The van der Waals surface area contributed by atoms with Gasteiger partial charge in [0, 0.05) is 30.0 Å². The van der Waals surface area contributed by atoms with Gasteiger partial charge in [0.05, 0.1) is 22.6 Å². The molecule has 10 heteroatoms. The topological polar surface area (TPSA) is 82.5 Å². The van der Waals surface area contributed by atoms with Gasteiger partial charge < -0.3 is 15.5 Å². The lowest BCUT2D eigenvalue weighted by atomic mass is 10.2. The van der Waals surface area contributed by atoms with Crippen molar-refractivity contribution >= 4 is 58.6 Å². The van der Waals surface area contributed by atoms with Crippen molar-refractivity contribution in [1.82, 2.24) is 14.9 Å². The molecule has 0 aliphatic heterocycles. The Labute approximate surface area is 195 Å². The van der Waals surface area contributed by atoms with Gasteiger partial charge in [-0.15, -0.1) is 0 Å². The summed E-state index contributed by atoms with van der Waals surface area (Å²) in [5, 5.41) is 6.55. The zero-order valence-electron chi connectivity index (χ0n) is 17.4. The fourth-order valence-electron chi connectivity index (χ4n) is 2.65. The predicted octanol–water partition coefficient (Wildman–Crippen LogP) is 5.92. The third kappa shape index (κ3) is 6.15. The molecule has 0 atom stereocenters. The van der Waals surface area contributed by atoms with E-state index < -0.39 is 5.82 Å². The van der Waals surface area contributed by atoms with Gasteiger partial charge in [-0.25, -0.2) is 9.37 Å². The summed E-state index contributed by atoms with van der Waals surface area (Å²) in [6.45, 7) is 5.53. The zero-order chi connectivity index (χ0) is 23.1. The Morgan fingerprint density at radius 1 is 1.06 bits per heavy atom. The minimum atomic E-state index is -0.631. The van der Waals surface area contributed by atoms with Crippen molar-refractivity contribution in [2.45, 2.75) is 13.8 Å². The molecule has 0 bridgehead atoms. The van der Waals surface area contributed by atoms with Crippen LogP contribution in [0.1, 0.15) is 24.2 Å². The molecule has 0 radical (unpaired) electrons. The Hall–Kier alpha value is -3.23. The maximum atomic E-state index is 14.2. The molecule has 1 heterocycles. The number of nitrogens with zero attached hydrogens (tertiary/aromatic N) is 4. The number of amides is 1. The molecule has 0 spiro atoms. The molecule has 3 rings (SSSR count). The van der Waals surface area contributed by atoms with E-state index in [4.69, 9.17) is 23.2 Å². The average molecular weight is 475 g/mol. The van der Waals surface area contributed by atoms with E-state index in [1.165, 1.54) is 0 Å². The number of benzene rings is 2. The lowest BCUT2D eigenvalue weighted by Gasteiger charge is -2.13. The van der Waals surface area contributed by atoms with Crippen molar-refractivity contribution in [3.05, 3.63) is 70.1 Å². The van der Waals surface area contributed by atoms with Crippen LogP contribution in [-0.4, -0.2) is 40.2 Å². The molecule has 2 N–H and O–H groups in total. The molecule has 1 amide bonds. The summed E-state index contributed by atoms with van der Waals surface area (Å²) in [5.41, 5.74) is 1.60. The Balaban J connectivity index is 1.70. The van der Waals surface area contributed by atoms with Gasteiger partial charge in [-0.2, -0.15) is 9.98 Å². The van der Waals surface area contributed by atoms with Crippen LogP contribution in [0.5, 0.6) is 0 Å². The van der Waals surface area contributed by atoms with Gasteiger partial charge in [0.2, 0.25) is 5.95 Å². The molecule has 2 aromatic carbocycles. The normalized spacial score (nSPS) is 10.9. The first kappa shape index (κ1) is 23.4. The molecular weight excluding hydrogens is 454 g/mol. The Morgan fingerprint density at radius 2 is 1.75 bits per heavy atom. The summed E-state index contributed by atoms with van der Waals surface area (Å²) >= 11 is 11.9. The number of nitrogens with one attached hydrogen (secondary N) is 2. The second-order valence-electron chi connectivity index (χ2n) is 6.62. The number of aromatic nitrogens is 2. The number of hydrogen-bond donors (Lipinski definition) is 2. The third-order valence-corrected chi connectivity index (χ3v) is 5.20. The van der Waals surface area contributed by atoms with Crippen LogP contribution >= 0.6 is 23.2 Å². The highest BCUT2D eigenvalue weighted by atomic mass is 35.5. The van der Waals surface area contributed by atoms with Gasteiger partial charge in [-0.05, 0) is 56.3 Å². The van der Waals surface area contributed by atoms with Crippen LogP contribution in [0, 0.1) is 5.82 Å². The fraction of sp³-hybridized carbons (Fsp3) is 0.182. The molecule has 32 heavy (non-hydrogen) atoms. The lowest BCUT2D eigenvalue weighted by molar-refractivity contribution is 0.100. The molecular formula is C22H21Cl2FN6O. The number of hydrogen-bond acceptors (Lipinski definition) is 5. The first-order chi connectivity index (χ1) is 15.4. The monoisotopic (exact) mass is 474 g/mol. The van der Waals surface area contributed by atoms with Crippen LogP contribution in [0.3, 0.4) is 0 Å². The van der Waals surface area contributed by atoms with Gasteiger partial charge >= 0.3 is 0 Å². The minimum Gasteiger partial charge on any atom is -0.363 e. The molecule has 0 saturated heterocycles. The zero-order valence-corrected chi connectivity index (χ0v) is 19.0. The Kier molecular flexibility index (Phi) is 7.97. The molecule has 0 aliphatic rings. The predicted molar refractivity (Wildman–Crippen MR) is 127 cm³/mol. The number of halogens is 3. The van der Waals surface area contributed by atoms with E-state index in [9.17, 15) is 9.18 Å². The minimum absolute atomic E-state index is 0.0292. The molecule has 0 saturated carbocycles. The van der Waals surface area contributed by atoms with Crippen molar-refractivity contribution in [1.29, 1.82) is 0 Å². The fourth-order valence-corrected chi connectivity index (χ4v) is 2.94. The highest BCUT2D eigenvalue weighted by Crippen LogP contribution is 2.27. The SMILES string of the molecule is CCN(C=NC(=O)c1ccc(Nc2ncc(F)c(Nc3ccc(Cl)c(Cl)c3)n2)cc1)CC. The van der Waals surface area contributed by atoms with E-state index in [0.29, 0.717) is 27.0 Å². The van der Waals surface area contributed by atoms with Gasteiger partial charge in [0.1, 0.15) is 0 Å². The van der Waals surface area contributed by atoms with Crippen LogP contribution < -0.4 is 10.6 Å². The molecule has 1 aromatic heterocycles. The first-order valence-electron chi connectivity index (χ1n) is 9.83. The van der Waals surface area contributed by atoms with Crippen LogP contribution in [-0.2, 0) is 0 Å². The Bertz CT molecular complexity index is 1120. The summed E-state index contributed by atoms with van der Waals surface area (Å²) in [7, 11) is 0.